The summed E-state index contributed by atoms with van der Waals surface area (Å²) in [5, 5.41) is 9.65. The molecule has 0 rings (SSSR count). The number of hydroxylamine groups is 1. The SMILES string of the molecule is C=CCCC[NH2+][O-]. The Balaban J connectivity index is 2.56. The molecule has 0 saturated heterocycles. The van der Waals surface area contributed by atoms with Crippen molar-refractivity contribution in [3.8, 4) is 0 Å². The van der Waals surface area contributed by atoms with Crippen molar-refractivity contribution in [1.82, 2.24) is 0 Å². The van der Waals surface area contributed by atoms with Crippen LogP contribution in [-0.2, 0) is 0 Å². The van der Waals surface area contributed by atoms with Crippen LogP contribution in [0.1, 0.15) is 12.8 Å². The minimum Gasteiger partial charge on any atom is -0.636 e. The first-order valence-electron chi connectivity index (χ1n) is 2.46. The fourth-order valence-corrected chi connectivity index (χ4v) is 0.346. The van der Waals surface area contributed by atoms with Crippen molar-refractivity contribution in [2.45, 2.75) is 12.8 Å². The van der Waals surface area contributed by atoms with Gasteiger partial charge in [-0.2, -0.15) is 0 Å². The quantitative estimate of drug-likeness (QED) is 0.302. The molecule has 0 saturated carbocycles. The number of rotatable bonds is 4. The van der Waals surface area contributed by atoms with Gasteiger partial charge in [0.05, 0.1) is 6.54 Å². The van der Waals surface area contributed by atoms with E-state index < -0.39 is 0 Å². The Morgan fingerprint density at radius 1 is 1.71 bits per heavy atom. The lowest BCUT2D eigenvalue weighted by Crippen LogP contribution is -2.77. The van der Waals surface area contributed by atoms with Gasteiger partial charge in [-0.3, -0.25) is 0 Å². The van der Waals surface area contributed by atoms with E-state index >= 15 is 0 Å². The third-order valence-electron chi connectivity index (χ3n) is 0.730. The molecule has 0 aliphatic carbocycles. The van der Waals surface area contributed by atoms with E-state index in [-0.39, 0.29) is 0 Å². The highest BCUT2D eigenvalue weighted by atomic mass is 16.5. The van der Waals surface area contributed by atoms with Crippen LogP contribution in [0.3, 0.4) is 0 Å². The number of unbranched alkanes of at least 4 members (excludes halogenated alkanes) is 1. The molecule has 42 valence electrons. The summed E-state index contributed by atoms with van der Waals surface area (Å²) < 4.78 is 0. The van der Waals surface area contributed by atoms with E-state index in [4.69, 9.17) is 0 Å². The summed E-state index contributed by atoms with van der Waals surface area (Å²) in [6.07, 6.45) is 3.73. The Morgan fingerprint density at radius 3 is 2.86 bits per heavy atom. The molecule has 0 aliphatic rings. The van der Waals surface area contributed by atoms with E-state index in [0.29, 0.717) is 6.54 Å². The van der Waals surface area contributed by atoms with Crippen LogP contribution in [0.15, 0.2) is 12.7 Å². The van der Waals surface area contributed by atoms with E-state index in [9.17, 15) is 5.21 Å². The molecule has 0 fully saturated rings. The fraction of sp³-hybridized carbons (Fsp3) is 0.600. The molecule has 0 unspecified atom stereocenters. The topological polar surface area (TPSA) is 39.7 Å². The minimum atomic E-state index is 0.673. The third kappa shape index (κ3) is 5.66. The average Bonchev–Trinajstić information content (AvgIpc) is 1.69. The highest BCUT2D eigenvalue weighted by Crippen LogP contribution is 1.81. The van der Waals surface area contributed by atoms with E-state index in [1.807, 2.05) is 6.08 Å². The number of quaternary nitrogens is 1. The molecule has 7 heavy (non-hydrogen) atoms. The van der Waals surface area contributed by atoms with Gasteiger partial charge < -0.3 is 10.7 Å². The van der Waals surface area contributed by atoms with E-state index in [0.717, 1.165) is 18.3 Å². The van der Waals surface area contributed by atoms with Crippen molar-refractivity contribution >= 4 is 0 Å². The molecule has 2 nitrogen and oxygen atoms in total. The summed E-state index contributed by atoms with van der Waals surface area (Å²) in [4.78, 5) is 0. The molecule has 0 heterocycles. The zero-order chi connectivity index (χ0) is 5.54. The van der Waals surface area contributed by atoms with Gasteiger partial charge in [-0.25, -0.2) is 0 Å². The van der Waals surface area contributed by atoms with Crippen LogP contribution in [-0.4, -0.2) is 6.54 Å². The molecule has 0 aliphatic heterocycles. The van der Waals surface area contributed by atoms with Gasteiger partial charge in [-0.05, 0) is 6.42 Å². The molecule has 0 aromatic rings. The monoisotopic (exact) mass is 101 g/mol. The van der Waals surface area contributed by atoms with Crippen LogP contribution < -0.4 is 5.48 Å². The lowest BCUT2D eigenvalue weighted by atomic mass is 10.3. The zero-order valence-corrected chi connectivity index (χ0v) is 4.39. The second kappa shape index (κ2) is 5.66. The molecule has 0 bridgehead atoms. The Morgan fingerprint density at radius 2 is 2.43 bits per heavy atom. The molecule has 0 spiro atoms. The zero-order valence-electron chi connectivity index (χ0n) is 4.39. The Labute approximate surface area is 43.8 Å². The molecular weight excluding hydrogens is 90.1 g/mol. The second-order valence-electron chi connectivity index (χ2n) is 1.39. The summed E-state index contributed by atoms with van der Waals surface area (Å²) in [6.45, 7) is 4.19. The van der Waals surface area contributed by atoms with E-state index in [2.05, 4.69) is 6.58 Å². The lowest BCUT2D eigenvalue weighted by Gasteiger charge is -1.96. The van der Waals surface area contributed by atoms with Crippen molar-refractivity contribution in [2.24, 2.45) is 0 Å². The first-order chi connectivity index (χ1) is 3.41. The van der Waals surface area contributed by atoms with Crippen molar-refractivity contribution in [3.05, 3.63) is 17.9 Å². The molecule has 0 radical (unpaired) electrons. The molecule has 0 aromatic carbocycles. The molecule has 2 N–H and O–H groups in total. The fourth-order valence-electron chi connectivity index (χ4n) is 0.346. The number of allylic oxidation sites excluding steroid dienone is 1. The van der Waals surface area contributed by atoms with Crippen LogP contribution >= 0.6 is 0 Å². The Hall–Kier alpha value is -0.340. The van der Waals surface area contributed by atoms with Crippen LogP contribution in [0.25, 0.3) is 0 Å². The van der Waals surface area contributed by atoms with Crippen LogP contribution in [0.5, 0.6) is 0 Å². The number of hydrogen-bond donors (Lipinski definition) is 1. The Kier molecular flexibility index (Phi) is 5.39. The van der Waals surface area contributed by atoms with Crippen molar-refractivity contribution in [2.75, 3.05) is 6.54 Å². The van der Waals surface area contributed by atoms with Gasteiger partial charge >= 0.3 is 0 Å². The molecule has 0 atom stereocenters. The predicted octanol–water partition coefficient (Wildman–Crippen LogP) is 0.0138. The largest absolute Gasteiger partial charge is 0.636 e. The van der Waals surface area contributed by atoms with Gasteiger partial charge in [-0.15, -0.1) is 6.58 Å². The maximum Gasteiger partial charge on any atom is 0.0755 e. The van der Waals surface area contributed by atoms with Gasteiger partial charge in [-0.1, -0.05) is 6.08 Å². The summed E-state index contributed by atoms with van der Waals surface area (Å²) in [6, 6.07) is 0. The van der Waals surface area contributed by atoms with Gasteiger partial charge in [0.15, 0.2) is 0 Å². The standard InChI is InChI=1S/C5H11NO/c1-2-3-4-5-6-7/h2H,1,3-6H2. The Bertz CT molecular complexity index is 45.3. The van der Waals surface area contributed by atoms with Crippen molar-refractivity contribution in [3.63, 3.8) is 0 Å². The maximum atomic E-state index is 9.65. The lowest BCUT2D eigenvalue weighted by molar-refractivity contribution is -0.588. The van der Waals surface area contributed by atoms with Gasteiger partial charge in [0, 0.05) is 6.42 Å². The maximum absolute atomic E-state index is 9.65. The highest BCUT2D eigenvalue weighted by Gasteiger charge is 1.77. The summed E-state index contributed by atoms with van der Waals surface area (Å²) in [5.74, 6) is 0. The van der Waals surface area contributed by atoms with Crippen molar-refractivity contribution in [1.29, 1.82) is 0 Å². The minimum absolute atomic E-state index is 0.673. The second-order valence-corrected chi connectivity index (χ2v) is 1.39. The molecule has 0 aromatic heterocycles. The summed E-state index contributed by atoms with van der Waals surface area (Å²) >= 11 is 0. The first-order valence-corrected chi connectivity index (χ1v) is 2.46. The van der Waals surface area contributed by atoms with Crippen LogP contribution in [0.4, 0.5) is 0 Å². The molecule has 2 heteroatoms. The highest BCUT2D eigenvalue weighted by molar-refractivity contribution is 4.64. The summed E-state index contributed by atoms with van der Waals surface area (Å²) in [5.41, 5.74) is 0.934. The van der Waals surface area contributed by atoms with E-state index in [1.54, 1.807) is 0 Å². The van der Waals surface area contributed by atoms with Gasteiger partial charge in [0.25, 0.3) is 0 Å². The summed E-state index contributed by atoms with van der Waals surface area (Å²) in [7, 11) is 0. The first kappa shape index (κ1) is 6.66. The van der Waals surface area contributed by atoms with Crippen molar-refractivity contribution < 1.29 is 5.48 Å². The average molecular weight is 101 g/mol. The van der Waals surface area contributed by atoms with Crippen LogP contribution in [0.2, 0.25) is 0 Å². The van der Waals surface area contributed by atoms with E-state index in [1.165, 1.54) is 0 Å². The predicted molar refractivity (Wildman–Crippen MR) is 29.6 cm³/mol. The molecular formula is C5H11NO. The third-order valence-corrected chi connectivity index (χ3v) is 0.730. The number of hydrogen-bond acceptors (Lipinski definition) is 1. The van der Waals surface area contributed by atoms with Gasteiger partial charge in [0.1, 0.15) is 0 Å². The smallest absolute Gasteiger partial charge is 0.0755 e. The van der Waals surface area contributed by atoms with Crippen LogP contribution in [0, 0.1) is 5.21 Å². The normalized spacial score (nSPS) is 8.71. The van der Waals surface area contributed by atoms with Gasteiger partial charge in [0.2, 0.25) is 0 Å². The number of nitrogens with two attached hydrogens (primary N) is 1. The molecule has 0 amide bonds.